The molecule has 0 heterocycles. The average molecular weight is 314 g/mol. The Kier molecular flexibility index (Phi) is 7.51. The first-order valence-corrected chi connectivity index (χ1v) is 2.90. The summed E-state index contributed by atoms with van der Waals surface area (Å²) in [5.74, 6) is -7.85. The third kappa shape index (κ3) is 6.68. The number of carboxylic acids is 2. The van der Waals surface area contributed by atoms with E-state index in [0.717, 1.165) is 0 Å². The molecule has 0 amide bonds. The summed E-state index contributed by atoms with van der Waals surface area (Å²) >= 11 is 0. The molecule has 0 unspecified atom stereocenters. The fourth-order valence-corrected chi connectivity index (χ4v) is 0.308. The molecule has 0 aliphatic rings. The number of carbonyl (C=O) groups is 4. The van der Waals surface area contributed by atoms with Crippen molar-refractivity contribution in [3.8, 4) is 0 Å². The molecule has 0 saturated carbocycles. The van der Waals surface area contributed by atoms with Crippen molar-refractivity contribution in [3.63, 3.8) is 0 Å². The fourth-order valence-electron chi connectivity index (χ4n) is 0.308. The van der Waals surface area contributed by atoms with Crippen LogP contribution in [0.5, 0.6) is 0 Å². The molecule has 0 aromatic carbocycles. The third-order valence-corrected chi connectivity index (χ3v) is 0.765. The number of aliphatic carboxylic acids is 2. The molecule has 0 aromatic heterocycles. The third-order valence-electron chi connectivity index (χ3n) is 0.765. The Labute approximate surface area is 97.7 Å². The summed E-state index contributed by atoms with van der Waals surface area (Å²) in [5, 5.41) is 24.3. The largest absolute Gasteiger partial charge is 0.789 e. The van der Waals surface area contributed by atoms with Crippen molar-refractivity contribution < 1.29 is 66.1 Å². The van der Waals surface area contributed by atoms with Gasteiger partial charge in [0.1, 0.15) is 0 Å². The summed E-state index contributed by atoms with van der Waals surface area (Å²) in [6.07, 6.45) is 0. The van der Waals surface area contributed by atoms with Gasteiger partial charge in [0.15, 0.2) is 0 Å². The Morgan fingerprint density at radius 2 is 1.13 bits per heavy atom. The molecule has 1 radical (unpaired) electrons. The fraction of sp³-hybridized carbons (Fsp3) is 0. The van der Waals surface area contributed by atoms with Crippen LogP contribution in [-0.2, 0) is 50.9 Å². The second-order valence-electron chi connectivity index (χ2n) is 1.73. The molecule has 87 valence electrons. The van der Waals surface area contributed by atoms with E-state index in [1.165, 1.54) is 0 Å². The molecular weight excluding hydrogens is 311 g/mol. The summed E-state index contributed by atoms with van der Waals surface area (Å²) in [5.41, 5.74) is 0. The van der Waals surface area contributed by atoms with E-state index in [-0.39, 0.29) is 22.4 Å². The maximum absolute atomic E-state index is 10.2. The van der Waals surface area contributed by atoms with Gasteiger partial charge in [0.2, 0.25) is 0 Å². The minimum Gasteiger partial charge on any atom is -0.473 e. The molecule has 0 aliphatic carbocycles. The molecule has 3 N–H and O–H groups in total. The first-order chi connectivity index (χ1) is 6.34. The monoisotopic (exact) mass is 313 g/mol. The van der Waals surface area contributed by atoms with Crippen LogP contribution in [0.15, 0.2) is 0 Å². The molecule has 0 saturated heterocycles. The molecule has 0 spiro atoms. The Bertz CT molecular complexity index is 260. The van der Waals surface area contributed by atoms with Crippen LogP contribution in [0.1, 0.15) is 0 Å². The van der Waals surface area contributed by atoms with Gasteiger partial charge in [0, 0.05) is 22.4 Å². The van der Waals surface area contributed by atoms with Crippen molar-refractivity contribution in [2.45, 2.75) is 0 Å². The summed E-state index contributed by atoms with van der Waals surface area (Å²) in [7, 11) is -2.57. The molecule has 0 fully saturated rings. The minimum absolute atomic E-state index is 0. The van der Waals surface area contributed by atoms with Crippen LogP contribution in [0.2, 0.25) is 0 Å². The maximum atomic E-state index is 10.2. The minimum atomic E-state index is -2.57. The van der Waals surface area contributed by atoms with E-state index < -0.39 is 31.2 Å². The normalized spacial score (nSPS) is 8.07. The van der Waals surface area contributed by atoms with E-state index in [4.69, 9.17) is 15.2 Å². The Morgan fingerprint density at radius 1 is 0.867 bits per heavy atom. The van der Waals surface area contributed by atoms with Crippen LogP contribution >= 0.6 is 0 Å². The topological polar surface area (TPSA) is 147 Å². The summed E-state index contributed by atoms with van der Waals surface area (Å²) in [4.78, 5) is 40.0. The first kappa shape index (κ1) is 16.1. The second-order valence-corrected chi connectivity index (χ2v) is 1.73. The average Bonchev–Trinajstić information content (AvgIpc) is 2.03. The van der Waals surface area contributed by atoms with Crippen molar-refractivity contribution in [1.29, 1.82) is 0 Å². The van der Waals surface area contributed by atoms with E-state index in [9.17, 15) is 19.2 Å². The molecule has 9 nitrogen and oxygen atoms in total. The molecular formula is C4H3AgBO9. The van der Waals surface area contributed by atoms with E-state index >= 15 is 0 Å². The predicted molar refractivity (Wildman–Crippen MR) is 35.4 cm³/mol. The van der Waals surface area contributed by atoms with Crippen molar-refractivity contribution in [1.82, 2.24) is 0 Å². The van der Waals surface area contributed by atoms with E-state index in [2.05, 4.69) is 9.31 Å². The summed E-state index contributed by atoms with van der Waals surface area (Å²) < 4.78 is 7.09. The van der Waals surface area contributed by atoms with Crippen molar-refractivity contribution >= 4 is 31.2 Å². The smallest absolute Gasteiger partial charge is 0.473 e. The molecule has 0 rings (SSSR count). The molecule has 0 aromatic rings. The van der Waals surface area contributed by atoms with Gasteiger partial charge in [-0.05, 0) is 0 Å². The van der Waals surface area contributed by atoms with Gasteiger partial charge in [-0.25, -0.2) is 19.2 Å². The van der Waals surface area contributed by atoms with Gasteiger partial charge in [-0.15, -0.1) is 0 Å². The quantitative estimate of drug-likeness (QED) is 0.363. The zero-order valence-corrected chi connectivity index (χ0v) is 8.15. The van der Waals surface area contributed by atoms with Gasteiger partial charge in [-0.2, -0.15) is 0 Å². The van der Waals surface area contributed by atoms with Crippen molar-refractivity contribution in [2.24, 2.45) is 0 Å². The van der Waals surface area contributed by atoms with E-state index in [1.54, 1.807) is 0 Å². The van der Waals surface area contributed by atoms with Crippen molar-refractivity contribution in [2.75, 3.05) is 0 Å². The zero-order valence-electron chi connectivity index (χ0n) is 6.67. The van der Waals surface area contributed by atoms with Gasteiger partial charge in [0.05, 0.1) is 0 Å². The predicted octanol–water partition coefficient (Wildman–Crippen LogP) is -2.78. The van der Waals surface area contributed by atoms with Gasteiger partial charge >= 0.3 is 31.2 Å². The standard InChI is InChI=1S/C4H3BO9.Ag/c6-1(7)3(10)13-5(12)14-4(11)2(8)9;/h12H,(H,6,7)(H,8,9);. The van der Waals surface area contributed by atoms with Crippen LogP contribution < -0.4 is 0 Å². The Hall–Kier alpha value is -1.35. The van der Waals surface area contributed by atoms with Crippen LogP contribution in [0.4, 0.5) is 0 Å². The molecule has 11 heteroatoms. The molecule has 15 heavy (non-hydrogen) atoms. The van der Waals surface area contributed by atoms with Gasteiger partial charge in [-0.3, -0.25) is 0 Å². The van der Waals surface area contributed by atoms with Crippen LogP contribution in [-0.4, -0.2) is 46.4 Å². The van der Waals surface area contributed by atoms with Crippen LogP contribution in [0.25, 0.3) is 0 Å². The van der Waals surface area contributed by atoms with Crippen LogP contribution in [0, 0.1) is 0 Å². The Morgan fingerprint density at radius 3 is 1.33 bits per heavy atom. The summed E-state index contributed by atoms with van der Waals surface area (Å²) in [6.45, 7) is 0. The number of hydrogen-bond acceptors (Lipinski definition) is 7. The van der Waals surface area contributed by atoms with E-state index in [1.807, 2.05) is 0 Å². The molecule has 0 atom stereocenters. The first-order valence-electron chi connectivity index (χ1n) is 2.90. The Balaban J connectivity index is 0. The van der Waals surface area contributed by atoms with Crippen molar-refractivity contribution in [3.05, 3.63) is 0 Å². The zero-order chi connectivity index (χ0) is 11.3. The van der Waals surface area contributed by atoms with Gasteiger partial charge < -0.3 is 24.5 Å². The summed E-state index contributed by atoms with van der Waals surface area (Å²) in [6, 6.07) is 0. The maximum Gasteiger partial charge on any atom is 0.789 e. The number of carboxylic acid groups (broad SMARTS) is 2. The number of hydrogen-bond donors (Lipinski definition) is 3. The SMILES string of the molecule is O=C(O)C(=O)OB(O)OC(=O)C(=O)O.[Ag]. The van der Waals surface area contributed by atoms with Gasteiger partial charge in [-0.1, -0.05) is 0 Å². The van der Waals surface area contributed by atoms with Crippen LogP contribution in [0.3, 0.4) is 0 Å². The number of carbonyl (C=O) groups excluding carboxylic acids is 2. The van der Waals surface area contributed by atoms with Gasteiger partial charge in [0.25, 0.3) is 0 Å². The van der Waals surface area contributed by atoms with E-state index in [0.29, 0.717) is 0 Å². The molecule has 0 aliphatic heterocycles. The second kappa shape index (κ2) is 7.01. The molecule has 0 bridgehead atoms. The number of rotatable bonds is 2.